The van der Waals surface area contributed by atoms with Crippen LogP contribution >= 0.6 is 23.2 Å². The number of anilines is 1. The van der Waals surface area contributed by atoms with Gasteiger partial charge in [-0.3, -0.25) is 13.9 Å². The van der Waals surface area contributed by atoms with Crippen LogP contribution in [0.5, 0.6) is 0 Å². The predicted molar refractivity (Wildman–Crippen MR) is 166 cm³/mol. The van der Waals surface area contributed by atoms with Gasteiger partial charge in [-0.15, -0.1) is 0 Å². The van der Waals surface area contributed by atoms with Gasteiger partial charge in [0, 0.05) is 22.6 Å². The van der Waals surface area contributed by atoms with Gasteiger partial charge in [0.15, 0.2) is 0 Å². The number of nitrogens with zero attached hydrogens (tertiary/aromatic N) is 2. The number of nitrogens with one attached hydrogen (secondary N) is 1. The monoisotopic (exact) mass is 617 g/mol. The quantitative estimate of drug-likeness (QED) is 0.245. The van der Waals surface area contributed by atoms with Crippen LogP contribution in [0.4, 0.5) is 5.69 Å². The molecule has 3 aromatic carbocycles. The number of hydrogen-bond donors (Lipinski definition) is 1. The standard InChI is InChI=1S/C31H37Cl2N3O4S/c1-5-23(4)34-31(38)29(6-2)35(17-16-24-10-8-7-9-11-24)30(37)21-36(27-19-25(32)18-26(33)20-27)41(39,40)28-14-12-22(3)13-15-28/h7-15,18-20,23,29H,5-6,16-17,21H2,1-4H3,(H,34,38)/t23-,29+/m1/s1. The maximum atomic E-state index is 14.1. The van der Waals surface area contributed by atoms with E-state index in [9.17, 15) is 18.0 Å². The highest BCUT2D eigenvalue weighted by Gasteiger charge is 2.34. The minimum atomic E-state index is -4.21. The summed E-state index contributed by atoms with van der Waals surface area (Å²) in [5, 5.41) is 3.43. The Morgan fingerprint density at radius 1 is 0.902 bits per heavy atom. The van der Waals surface area contributed by atoms with Crippen molar-refractivity contribution in [1.82, 2.24) is 10.2 Å². The Morgan fingerprint density at radius 2 is 1.51 bits per heavy atom. The van der Waals surface area contributed by atoms with Crippen molar-refractivity contribution in [2.24, 2.45) is 0 Å². The Hall–Kier alpha value is -3.07. The number of hydrogen-bond acceptors (Lipinski definition) is 4. The lowest BCUT2D eigenvalue weighted by atomic mass is 10.1. The fourth-order valence-electron chi connectivity index (χ4n) is 4.39. The maximum Gasteiger partial charge on any atom is 0.264 e. The summed E-state index contributed by atoms with van der Waals surface area (Å²) in [6.45, 7) is 7.24. The third-order valence-electron chi connectivity index (χ3n) is 6.89. The lowest BCUT2D eigenvalue weighted by molar-refractivity contribution is -0.139. The number of amides is 2. The van der Waals surface area contributed by atoms with Crippen molar-refractivity contribution in [3.63, 3.8) is 0 Å². The Kier molecular flexibility index (Phi) is 11.6. The van der Waals surface area contributed by atoms with Gasteiger partial charge in [0.25, 0.3) is 10.0 Å². The molecule has 0 saturated heterocycles. The van der Waals surface area contributed by atoms with E-state index < -0.39 is 28.5 Å². The second-order valence-corrected chi connectivity index (χ2v) is 12.8. The van der Waals surface area contributed by atoms with Crippen molar-refractivity contribution in [3.05, 3.63) is 94.0 Å². The first-order valence-electron chi connectivity index (χ1n) is 13.7. The third-order valence-corrected chi connectivity index (χ3v) is 9.12. The molecule has 41 heavy (non-hydrogen) atoms. The molecule has 0 spiro atoms. The van der Waals surface area contributed by atoms with Crippen LogP contribution < -0.4 is 9.62 Å². The highest BCUT2D eigenvalue weighted by Crippen LogP contribution is 2.30. The zero-order valence-corrected chi connectivity index (χ0v) is 26.1. The fraction of sp³-hybridized carbons (Fsp3) is 0.355. The third kappa shape index (κ3) is 8.71. The number of halogens is 2. The van der Waals surface area contributed by atoms with Crippen LogP contribution in [0.1, 0.15) is 44.7 Å². The zero-order chi connectivity index (χ0) is 30.2. The van der Waals surface area contributed by atoms with E-state index in [0.29, 0.717) is 12.8 Å². The number of carbonyl (C=O) groups is 2. The van der Waals surface area contributed by atoms with Crippen molar-refractivity contribution in [1.29, 1.82) is 0 Å². The number of rotatable bonds is 13. The molecule has 0 unspecified atom stereocenters. The van der Waals surface area contributed by atoms with Gasteiger partial charge < -0.3 is 10.2 Å². The summed E-state index contributed by atoms with van der Waals surface area (Å²) < 4.78 is 28.9. The molecule has 3 aromatic rings. The number of aryl methyl sites for hydroxylation is 1. The minimum Gasteiger partial charge on any atom is -0.352 e. The van der Waals surface area contributed by atoms with E-state index in [-0.39, 0.29) is 39.1 Å². The Bertz CT molecular complexity index is 1410. The fourth-order valence-corrected chi connectivity index (χ4v) is 6.30. The molecule has 0 aliphatic carbocycles. The van der Waals surface area contributed by atoms with Gasteiger partial charge >= 0.3 is 0 Å². The van der Waals surface area contributed by atoms with Crippen LogP contribution in [-0.4, -0.2) is 50.3 Å². The van der Waals surface area contributed by atoms with Crippen molar-refractivity contribution >= 4 is 50.7 Å². The number of sulfonamides is 1. The van der Waals surface area contributed by atoms with Gasteiger partial charge in [-0.05, 0) is 69.0 Å². The molecule has 0 fully saturated rings. The van der Waals surface area contributed by atoms with Crippen molar-refractivity contribution in [3.8, 4) is 0 Å². The second kappa shape index (κ2) is 14.7. The molecule has 0 radical (unpaired) electrons. The molecule has 2 amide bonds. The topological polar surface area (TPSA) is 86.8 Å². The van der Waals surface area contributed by atoms with Crippen molar-refractivity contribution in [2.45, 2.75) is 63.9 Å². The van der Waals surface area contributed by atoms with Gasteiger partial charge in [-0.1, -0.05) is 85.1 Å². The highest BCUT2D eigenvalue weighted by molar-refractivity contribution is 7.92. The van der Waals surface area contributed by atoms with Crippen LogP contribution in [-0.2, 0) is 26.0 Å². The van der Waals surface area contributed by atoms with E-state index in [2.05, 4.69) is 5.32 Å². The van der Waals surface area contributed by atoms with E-state index in [4.69, 9.17) is 23.2 Å². The first-order valence-corrected chi connectivity index (χ1v) is 15.8. The highest BCUT2D eigenvalue weighted by atomic mass is 35.5. The molecule has 7 nitrogen and oxygen atoms in total. The molecule has 3 rings (SSSR count). The molecule has 0 aliphatic heterocycles. The molecular weight excluding hydrogens is 581 g/mol. The van der Waals surface area contributed by atoms with Crippen LogP contribution in [0.3, 0.4) is 0 Å². The van der Waals surface area contributed by atoms with E-state index >= 15 is 0 Å². The molecule has 0 heterocycles. The number of carbonyl (C=O) groups excluding carboxylic acids is 2. The molecule has 10 heteroatoms. The Balaban J connectivity index is 2.04. The molecule has 220 valence electrons. The Morgan fingerprint density at radius 3 is 2.07 bits per heavy atom. The van der Waals surface area contributed by atoms with E-state index in [0.717, 1.165) is 21.9 Å². The summed E-state index contributed by atoms with van der Waals surface area (Å²) >= 11 is 12.5. The SMILES string of the molecule is CC[C@@H](C)NC(=O)[C@H](CC)N(CCc1ccccc1)C(=O)CN(c1cc(Cl)cc(Cl)c1)S(=O)(=O)c1ccc(C)cc1. The summed E-state index contributed by atoms with van der Waals surface area (Å²) in [5.74, 6) is -0.791. The number of benzene rings is 3. The van der Waals surface area contributed by atoms with Crippen LogP contribution in [0.2, 0.25) is 10.0 Å². The van der Waals surface area contributed by atoms with Crippen molar-refractivity contribution < 1.29 is 18.0 Å². The minimum absolute atomic E-state index is 0.0180. The molecular formula is C31H37Cl2N3O4S. The van der Waals surface area contributed by atoms with Gasteiger partial charge in [0.1, 0.15) is 12.6 Å². The summed E-state index contributed by atoms with van der Waals surface area (Å²) in [6, 6.07) is 19.5. The molecule has 0 aromatic heterocycles. The molecule has 0 bridgehead atoms. The maximum absolute atomic E-state index is 14.1. The lowest BCUT2D eigenvalue weighted by Crippen LogP contribution is -2.54. The molecule has 1 N–H and O–H groups in total. The van der Waals surface area contributed by atoms with E-state index in [1.165, 1.54) is 35.2 Å². The second-order valence-electron chi connectivity index (χ2n) is 10.0. The van der Waals surface area contributed by atoms with Crippen molar-refractivity contribution in [2.75, 3.05) is 17.4 Å². The average molecular weight is 619 g/mol. The molecule has 0 aliphatic rings. The average Bonchev–Trinajstić information content (AvgIpc) is 2.93. The lowest BCUT2D eigenvalue weighted by Gasteiger charge is -2.33. The first kappa shape index (κ1) is 32.4. The van der Waals surface area contributed by atoms with E-state index in [1.807, 2.05) is 58.0 Å². The summed E-state index contributed by atoms with van der Waals surface area (Å²) in [4.78, 5) is 28.9. The summed E-state index contributed by atoms with van der Waals surface area (Å²) in [7, 11) is -4.21. The molecule has 2 atom stereocenters. The van der Waals surface area contributed by atoms with Gasteiger partial charge in [-0.25, -0.2) is 8.42 Å². The first-order chi connectivity index (χ1) is 19.5. The molecule has 0 saturated carbocycles. The van der Waals surface area contributed by atoms with E-state index in [1.54, 1.807) is 12.1 Å². The van der Waals surface area contributed by atoms with Crippen LogP contribution in [0, 0.1) is 6.92 Å². The smallest absolute Gasteiger partial charge is 0.264 e. The Labute approximate surface area is 253 Å². The van der Waals surface area contributed by atoms with Gasteiger partial charge in [-0.2, -0.15) is 0 Å². The van der Waals surface area contributed by atoms with Gasteiger partial charge in [0.05, 0.1) is 10.6 Å². The van der Waals surface area contributed by atoms with Gasteiger partial charge in [0.2, 0.25) is 11.8 Å². The predicted octanol–water partition coefficient (Wildman–Crippen LogP) is 6.26. The summed E-state index contributed by atoms with van der Waals surface area (Å²) in [6.07, 6.45) is 1.59. The van der Waals surface area contributed by atoms with Crippen LogP contribution in [0.25, 0.3) is 0 Å². The van der Waals surface area contributed by atoms with Crippen LogP contribution in [0.15, 0.2) is 77.7 Å². The summed E-state index contributed by atoms with van der Waals surface area (Å²) in [5.41, 5.74) is 2.03. The normalized spacial score (nSPS) is 12.8. The largest absolute Gasteiger partial charge is 0.352 e. The zero-order valence-electron chi connectivity index (χ0n) is 23.8.